The molecule has 9 heteroatoms. The van der Waals surface area contributed by atoms with Gasteiger partial charge in [0.25, 0.3) is 5.56 Å². The number of aryl methyl sites for hydroxylation is 1. The van der Waals surface area contributed by atoms with Gasteiger partial charge in [-0.15, -0.1) is 0 Å². The van der Waals surface area contributed by atoms with Crippen molar-refractivity contribution < 1.29 is 18.0 Å². The summed E-state index contributed by atoms with van der Waals surface area (Å²) in [6.07, 6.45) is -0.887. The van der Waals surface area contributed by atoms with Gasteiger partial charge in [0.1, 0.15) is 0 Å². The summed E-state index contributed by atoms with van der Waals surface area (Å²) in [4.78, 5) is 24.8. The number of halogens is 3. The zero-order valence-electron chi connectivity index (χ0n) is 15.3. The molecule has 150 valence electrons. The quantitative estimate of drug-likeness (QED) is 0.616. The van der Waals surface area contributed by atoms with E-state index < -0.39 is 28.9 Å². The van der Waals surface area contributed by atoms with Gasteiger partial charge in [0, 0.05) is 11.6 Å². The highest BCUT2D eigenvalue weighted by atomic mass is 19.4. The molecule has 1 heterocycles. The minimum Gasteiger partial charge on any atom is -0.295 e. The summed E-state index contributed by atoms with van der Waals surface area (Å²) in [6.45, 7) is 1.36. The molecule has 3 rings (SSSR count). The first-order chi connectivity index (χ1) is 13.3. The second-order valence-electron chi connectivity index (χ2n) is 6.86. The molecule has 0 aliphatic heterocycles. The average molecular weight is 394 g/mol. The van der Waals surface area contributed by atoms with Crippen LogP contribution < -0.4 is 11.0 Å². The maximum absolute atomic E-state index is 13.6. The van der Waals surface area contributed by atoms with Crippen LogP contribution in [0, 0.1) is 12.8 Å². The molecule has 0 radical (unpaired) electrons. The lowest BCUT2D eigenvalue weighted by Crippen LogP contribution is -2.35. The Labute approximate surface area is 159 Å². The smallest absolute Gasteiger partial charge is 0.295 e. The number of rotatable bonds is 4. The van der Waals surface area contributed by atoms with Crippen molar-refractivity contribution in [2.24, 2.45) is 11.0 Å². The lowest BCUT2D eigenvalue weighted by atomic mass is 9.89. The van der Waals surface area contributed by atoms with E-state index in [0.717, 1.165) is 23.9 Å². The number of hydrogen-bond acceptors (Lipinski definition) is 3. The molecule has 2 aromatic rings. The predicted molar refractivity (Wildman–Crippen MR) is 98.4 cm³/mol. The summed E-state index contributed by atoms with van der Waals surface area (Å²) >= 11 is 0. The normalized spacial score (nSPS) is 16.2. The van der Waals surface area contributed by atoms with Gasteiger partial charge in [-0.05, 0) is 31.9 Å². The van der Waals surface area contributed by atoms with Gasteiger partial charge in [0.15, 0.2) is 5.71 Å². The second kappa shape index (κ2) is 8.04. The van der Waals surface area contributed by atoms with Crippen LogP contribution in [0.3, 0.4) is 0 Å². The average Bonchev–Trinajstić information content (AvgIpc) is 2.97. The van der Waals surface area contributed by atoms with Crippen molar-refractivity contribution >= 4 is 11.6 Å². The molecule has 2 N–H and O–H groups in total. The minimum absolute atomic E-state index is 0.0110. The van der Waals surface area contributed by atoms with Gasteiger partial charge in [0.2, 0.25) is 5.91 Å². The number of hydrogen-bond donors (Lipinski definition) is 2. The van der Waals surface area contributed by atoms with Gasteiger partial charge in [-0.2, -0.15) is 18.3 Å². The maximum atomic E-state index is 13.6. The molecule has 0 atom stereocenters. The van der Waals surface area contributed by atoms with Gasteiger partial charge >= 0.3 is 6.18 Å². The third-order valence-electron chi connectivity index (χ3n) is 4.85. The molecule has 1 aliphatic rings. The van der Waals surface area contributed by atoms with Crippen LogP contribution in [0.4, 0.5) is 13.2 Å². The molecule has 1 saturated carbocycles. The summed E-state index contributed by atoms with van der Waals surface area (Å²) in [5, 5.41) is 5.97. The van der Waals surface area contributed by atoms with Gasteiger partial charge in [-0.1, -0.05) is 37.5 Å². The Balaban J connectivity index is 1.96. The standard InChI is InChI=1S/C19H21F3N4O2/c1-12-15(18(28)26(25-12)14-10-6-3-7-11-14)16(19(20,21)22)23-24-17(27)13-8-4-2-5-9-13/h3,6-7,10-11,13,25H,2,4-5,8-9H2,1H3,(H,24,27)/b23-16-. The lowest BCUT2D eigenvalue weighted by molar-refractivity contribution is -0.125. The van der Waals surface area contributed by atoms with E-state index in [4.69, 9.17) is 0 Å². The first-order valence-corrected chi connectivity index (χ1v) is 9.11. The highest BCUT2D eigenvalue weighted by Gasteiger charge is 2.41. The molecule has 0 unspecified atom stereocenters. The maximum Gasteiger partial charge on any atom is 0.435 e. The molecule has 1 fully saturated rings. The molecule has 0 bridgehead atoms. The summed E-state index contributed by atoms with van der Waals surface area (Å²) in [5.74, 6) is -0.890. The minimum atomic E-state index is -4.90. The van der Waals surface area contributed by atoms with E-state index in [2.05, 4.69) is 10.2 Å². The Bertz CT molecular complexity index is 923. The van der Waals surface area contributed by atoms with Crippen molar-refractivity contribution in [3.8, 4) is 5.69 Å². The van der Waals surface area contributed by atoms with Crippen molar-refractivity contribution in [3.05, 3.63) is 51.9 Å². The molecular weight excluding hydrogens is 373 g/mol. The molecule has 1 aliphatic carbocycles. The summed E-state index contributed by atoms with van der Waals surface area (Å²) in [6, 6.07) is 8.25. The number of nitrogens with one attached hydrogen (secondary N) is 2. The van der Waals surface area contributed by atoms with E-state index in [1.165, 1.54) is 6.92 Å². The van der Waals surface area contributed by atoms with E-state index in [0.29, 0.717) is 18.5 Å². The molecular formula is C19H21F3N4O2. The number of aromatic nitrogens is 2. The van der Waals surface area contributed by atoms with E-state index in [-0.39, 0.29) is 11.6 Å². The highest BCUT2D eigenvalue weighted by molar-refractivity contribution is 6.05. The van der Waals surface area contributed by atoms with E-state index in [9.17, 15) is 22.8 Å². The predicted octanol–water partition coefficient (Wildman–Crippen LogP) is 3.44. The van der Waals surface area contributed by atoms with Crippen molar-refractivity contribution in [2.75, 3.05) is 0 Å². The number of aromatic amines is 1. The third-order valence-corrected chi connectivity index (χ3v) is 4.85. The summed E-state index contributed by atoms with van der Waals surface area (Å²) in [5.41, 5.74) is -0.469. The van der Waals surface area contributed by atoms with Crippen LogP contribution in [0.1, 0.15) is 43.4 Å². The number of alkyl halides is 3. The van der Waals surface area contributed by atoms with Crippen LogP contribution in [-0.4, -0.2) is 27.6 Å². The first kappa shape index (κ1) is 19.9. The topological polar surface area (TPSA) is 79.2 Å². The van der Waals surface area contributed by atoms with Gasteiger partial charge in [-0.25, -0.2) is 10.1 Å². The SMILES string of the molecule is Cc1[nH]n(-c2ccccc2)c(=O)c1/C(=N/NC(=O)C1CCCCC1)C(F)(F)F. The zero-order chi connectivity index (χ0) is 20.3. The van der Waals surface area contributed by atoms with E-state index >= 15 is 0 Å². The second-order valence-corrected chi connectivity index (χ2v) is 6.86. The van der Waals surface area contributed by atoms with Gasteiger partial charge in [-0.3, -0.25) is 14.7 Å². The molecule has 0 saturated heterocycles. The summed E-state index contributed by atoms with van der Waals surface area (Å²) in [7, 11) is 0. The molecule has 6 nitrogen and oxygen atoms in total. The summed E-state index contributed by atoms with van der Waals surface area (Å²) < 4.78 is 41.9. The number of carbonyl (C=O) groups excluding carboxylic acids is 1. The van der Waals surface area contributed by atoms with Crippen LogP contribution in [0.25, 0.3) is 5.69 Å². The Morgan fingerprint density at radius 1 is 1.18 bits per heavy atom. The van der Waals surface area contributed by atoms with Crippen molar-refractivity contribution in [1.29, 1.82) is 0 Å². The number of amides is 1. The van der Waals surface area contributed by atoms with Gasteiger partial charge < -0.3 is 0 Å². The van der Waals surface area contributed by atoms with Crippen molar-refractivity contribution in [3.63, 3.8) is 0 Å². The number of carbonyl (C=O) groups is 1. The van der Waals surface area contributed by atoms with Gasteiger partial charge in [0.05, 0.1) is 11.3 Å². The number of benzene rings is 1. The largest absolute Gasteiger partial charge is 0.435 e. The van der Waals surface area contributed by atoms with Crippen LogP contribution in [0.5, 0.6) is 0 Å². The number of hydrazone groups is 1. The molecule has 0 spiro atoms. The fourth-order valence-corrected chi connectivity index (χ4v) is 3.41. The lowest BCUT2D eigenvalue weighted by Gasteiger charge is -2.19. The third kappa shape index (κ3) is 4.18. The zero-order valence-corrected chi connectivity index (χ0v) is 15.3. The molecule has 28 heavy (non-hydrogen) atoms. The molecule has 1 aromatic heterocycles. The van der Waals surface area contributed by atoms with E-state index in [1.807, 2.05) is 5.43 Å². The van der Waals surface area contributed by atoms with Crippen LogP contribution >= 0.6 is 0 Å². The highest BCUT2D eigenvalue weighted by Crippen LogP contribution is 2.25. The fraction of sp³-hybridized carbons (Fsp3) is 0.421. The van der Waals surface area contributed by atoms with E-state index in [1.54, 1.807) is 30.3 Å². The molecule has 1 aromatic carbocycles. The van der Waals surface area contributed by atoms with Crippen LogP contribution in [-0.2, 0) is 4.79 Å². The van der Waals surface area contributed by atoms with Crippen molar-refractivity contribution in [2.45, 2.75) is 45.2 Å². The Hall–Kier alpha value is -2.84. The van der Waals surface area contributed by atoms with Crippen molar-refractivity contribution in [1.82, 2.24) is 15.2 Å². The Morgan fingerprint density at radius 3 is 2.43 bits per heavy atom. The number of para-hydroxylation sites is 1. The fourth-order valence-electron chi connectivity index (χ4n) is 3.41. The van der Waals surface area contributed by atoms with Crippen LogP contribution in [0.15, 0.2) is 40.2 Å². The number of H-pyrrole nitrogens is 1. The first-order valence-electron chi connectivity index (χ1n) is 9.11. The Kier molecular flexibility index (Phi) is 5.71. The monoisotopic (exact) mass is 394 g/mol. The van der Waals surface area contributed by atoms with Crippen LogP contribution in [0.2, 0.25) is 0 Å². The molecule has 1 amide bonds. The Morgan fingerprint density at radius 2 is 1.82 bits per heavy atom. The number of nitrogens with zero attached hydrogens (tertiary/aromatic N) is 2.